The predicted octanol–water partition coefficient (Wildman–Crippen LogP) is 3.12. The lowest BCUT2D eigenvalue weighted by molar-refractivity contribution is 0.162. The second-order valence-corrected chi connectivity index (χ2v) is 7.15. The zero-order chi connectivity index (χ0) is 18.1. The van der Waals surface area contributed by atoms with Gasteiger partial charge in [-0.15, -0.1) is 24.0 Å². The number of nitrogens with zero attached hydrogens (tertiary/aromatic N) is 2. The lowest BCUT2D eigenvalue weighted by atomic mass is 9.96. The van der Waals surface area contributed by atoms with Crippen molar-refractivity contribution in [3.63, 3.8) is 0 Å². The summed E-state index contributed by atoms with van der Waals surface area (Å²) in [5.74, 6) is 0.885. The first kappa shape index (κ1) is 23.5. The maximum absolute atomic E-state index is 6.15. The molecule has 5 nitrogen and oxygen atoms in total. The number of ether oxygens (including phenoxy) is 1. The second-order valence-electron chi connectivity index (χ2n) is 6.71. The number of nitrogens with one attached hydrogen (secondary N) is 2. The third kappa shape index (κ3) is 7.58. The topological polar surface area (TPSA) is 48.9 Å². The average molecular weight is 495 g/mol. The molecule has 0 unspecified atom stereocenters. The molecule has 1 aliphatic carbocycles. The number of hydrogen-bond acceptors (Lipinski definition) is 3. The van der Waals surface area contributed by atoms with Crippen LogP contribution in [0.1, 0.15) is 25.3 Å². The third-order valence-electron chi connectivity index (χ3n) is 4.64. The van der Waals surface area contributed by atoms with Gasteiger partial charge < -0.3 is 20.3 Å². The molecule has 0 aromatic heterocycles. The molecule has 0 atom stereocenters. The van der Waals surface area contributed by atoms with E-state index in [0.29, 0.717) is 0 Å². The van der Waals surface area contributed by atoms with Gasteiger partial charge in [-0.2, -0.15) is 0 Å². The van der Waals surface area contributed by atoms with Gasteiger partial charge in [0.2, 0.25) is 0 Å². The normalized spacial score (nSPS) is 15.5. The van der Waals surface area contributed by atoms with Crippen LogP contribution in [0.3, 0.4) is 0 Å². The Hall–Kier alpha value is -0.570. The summed E-state index contributed by atoms with van der Waals surface area (Å²) in [6, 6.07) is 8.20. The van der Waals surface area contributed by atoms with Gasteiger partial charge in [-0.1, -0.05) is 23.7 Å². The molecule has 26 heavy (non-hydrogen) atoms. The van der Waals surface area contributed by atoms with Crippen LogP contribution in [0.25, 0.3) is 0 Å². The Labute approximate surface area is 179 Å². The van der Waals surface area contributed by atoms with Crippen molar-refractivity contribution in [3.05, 3.63) is 34.9 Å². The van der Waals surface area contributed by atoms with E-state index in [1.807, 2.05) is 12.1 Å². The maximum Gasteiger partial charge on any atom is 0.191 e. The van der Waals surface area contributed by atoms with Gasteiger partial charge in [0.25, 0.3) is 0 Å². The molecule has 0 aliphatic heterocycles. The Morgan fingerprint density at radius 2 is 2.08 bits per heavy atom. The van der Waals surface area contributed by atoms with E-state index in [1.54, 1.807) is 7.11 Å². The summed E-state index contributed by atoms with van der Waals surface area (Å²) in [6.07, 6.45) is 2.35. The second kappa shape index (κ2) is 12.0. The Kier molecular flexibility index (Phi) is 10.8. The Bertz CT molecular complexity index is 566. The van der Waals surface area contributed by atoms with Crippen LogP contribution in [0.2, 0.25) is 5.02 Å². The molecule has 0 heterocycles. The number of likely N-dealkylation sites (N-methyl/N-ethyl adjacent to an activating group) is 1. The predicted molar refractivity (Wildman–Crippen MR) is 121 cm³/mol. The maximum atomic E-state index is 6.15. The summed E-state index contributed by atoms with van der Waals surface area (Å²) < 4.78 is 5.10. The smallest absolute Gasteiger partial charge is 0.191 e. The molecule has 1 aromatic rings. The summed E-state index contributed by atoms with van der Waals surface area (Å²) in [5, 5.41) is 7.56. The van der Waals surface area contributed by atoms with Crippen molar-refractivity contribution in [1.82, 2.24) is 15.5 Å². The monoisotopic (exact) mass is 494 g/mol. The third-order valence-corrected chi connectivity index (χ3v) is 4.87. The number of hydrogen-bond donors (Lipinski definition) is 2. The molecular weight excluding hydrogens is 463 g/mol. The van der Waals surface area contributed by atoms with Crippen LogP contribution >= 0.6 is 35.6 Å². The fraction of sp³-hybridized carbons (Fsp3) is 0.632. The van der Waals surface area contributed by atoms with Crippen LogP contribution in [0.15, 0.2) is 29.3 Å². The molecule has 0 bridgehead atoms. The van der Waals surface area contributed by atoms with Crippen molar-refractivity contribution in [2.45, 2.75) is 25.2 Å². The fourth-order valence-corrected chi connectivity index (χ4v) is 2.99. The zero-order valence-electron chi connectivity index (χ0n) is 16.1. The van der Waals surface area contributed by atoms with E-state index in [2.05, 4.69) is 41.6 Å². The summed E-state index contributed by atoms with van der Waals surface area (Å²) in [7, 11) is 3.83. The first-order chi connectivity index (χ1) is 12.1. The highest BCUT2D eigenvalue weighted by Crippen LogP contribution is 2.48. The zero-order valence-corrected chi connectivity index (χ0v) is 19.1. The van der Waals surface area contributed by atoms with Crippen LogP contribution < -0.4 is 10.6 Å². The van der Waals surface area contributed by atoms with Crippen molar-refractivity contribution in [3.8, 4) is 0 Å². The fourth-order valence-electron chi connectivity index (χ4n) is 2.80. The van der Waals surface area contributed by atoms with Crippen LogP contribution in [-0.4, -0.2) is 64.3 Å². The van der Waals surface area contributed by atoms with Crippen molar-refractivity contribution in [1.29, 1.82) is 0 Å². The number of rotatable bonds is 10. The lowest BCUT2D eigenvalue weighted by Gasteiger charge is -2.19. The van der Waals surface area contributed by atoms with E-state index in [4.69, 9.17) is 21.3 Å². The van der Waals surface area contributed by atoms with Crippen LogP contribution in [-0.2, 0) is 10.2 Å². The Balaban J connectivity index is 0.00000338. The molecule has 1 fully saturated rings. The first-order valence-corrected chi connectivity index (χ1v) is 9.43. The molecule has 1 aromatic carbocycles. The van der Waals surface area contributed by atoms with Gasteiger partial charge in [-0.3, -0.25) is 4.99 Å². The molecule has 1 saturated carbocycles. The standard InChI is InChI=1S/C19H31ClN4O.HI/c1-4-21-18(22-10-11-24(2)12-13-25-3)23-15-19(8-9-19)16-6-5-7-17(20)14-16;/h5-7,14H,4,8-13,15H2,1-3H3,(H2,21,22,23);1H. The molecule has 0 spiro atoms. The van der Waals surface area contributed by atoms with Crippen LogP contribution in [0, 0.1) is 0 Å². The summed E-state index contributed by atoms with van der Waals surface area (Å²) in [6.45, 7) is 7.24. The highest BCUT2D eigenvalue weighted by Gasteiger charge is 2.44. The van der Waals surface area contributed by atoms with Gasteiger partial charge in [-0.25, -0.2) is 0 Å². The van der Waals surface area contributed by atoms with Gasteiger partial charge >= 0.3 is 0 Å². The molecule has 7 heteroatoms. The SMILES string of the molecule is CCNC(=NCC1(c2cccc(Cl)c2)CC1)NCCN(C)CCOC.I. The molecule has 0 radical (unpaired) electrons. The summed E-state index contributed by atoms with van der Waals surface area (Å²) in [4.78, 5) is 7.07. The van der Waals surface area contributed by atoms with E-state index in [9.17, 15) is 0 Å². The van der Waals surface area contributed by atoms with Crippen molar-refractivity contribution >= 4 is 41.5 Å². The summed E-state index contributed by atoms with van der Waals surface area (Å²) in [5.41, 5.74) is 1.47. The minimum absolute atomic E-state index is 0. The Morgan fingerprint density at radius 1 is 1.31 bits per heavy atom. The molecule has 1 aliphatic rings. The quantitative estimate of drug-likeness (QED) is 0.298. The number of aliphatic imine (C=N–C) groups is 1. The highest BCUT2D eigenvalue weighted by molar-refractivity contribution is 14.0. The van der Waals surface area contributed by atoms with Crippen LogP contribution in [0.5, 0.6) is 0 Å². The minimum Gasteiger partial charge on any atom is -0.383 e. The highest BCUT2D eigenvalue weighted by atomic mass is 127. The van der Waals surface area contributed by atoms with Crippen molar-refractivity contribution < 1.29 is 4.74 Å². The van der Waals surface area contributed by atoms with E-state index in [0.717, 1.165) is 50.3 Å². The van der Waals surface area contributed by atoms with Gasteiger partial charge in [0, 0.05) is 43.7 Å². The molecule has 0 amide bonds. The van der Waals surface area contributed by atoms with E-state index >= 15 is 0 Å². The summed E-state index contributed by atoms with van der Waals surface area (Å²) >= 11 is 6.15. The van der Waals surface area contributed by atoms with E-state index < -0.39 is 0 Å². The first-order valence-electron chi connectivity index (χ1n) is 9.05. The van der Waals surface area contributed by atoms with Crippen molar-refractivity contribution in [2.75, 3.05) is 53.5 Å². The van der Waals surface area contributed by atoms with Gasteiger partial charge in [0.1, 0.15) is 0 Å². The lowest BCUT2D eigenvalue weighted by Crippen LogP contribution is -2.41. The van der Waals surface area contributed by atoms with Crippen LogP contribution in [0.4, 0.5) is 0 Å². The number of halogens is 2. The molecule has 0 saturated heterocycles. The van der Waals surface area contributed by atoms with Gasteiger partial charge in [0.05, 0.1) is 13.2 Å². The molecule has 2 rings (SSSR count). The van der Waals surface area contributed by atoms with E-state index in [-0.39, 0.29) is 29.4 Å². The van der Waals surface area contributed by atoms with Gasteiger partial charge in [-0.05, 0) is 44.5 Å². The van der Waals surface area contributed by atoms with Crippen molar-refractivity contribution in [2.24, 2.45) is 4.99 Å². The van der Waals surface area contributed by atoms with Gasteiger partial charge in [0.15, 0.2) is 5.96 Å². The number of guanidine groups is 1. The Morgan fingerprint density at radius 3 is 2.69 bits per heavy atom. The largest absolute Gasteiger partial charge is 0.383 e. The molecular formula is C19H32ClIN4O. The number of benzene rings is 1. The number of methoxy groups -OCH3 is 1. The molecule has 148 valence electrons. The minimum atomic E-state index is 0. The van der Waals surface area contributed by atoms with E-state index in [1.165, 1.54) is 18.4 Å². The molecule has 2 N–H and O–H groups in total. The average Bonchev–Trinajstić information content (AvgIpc) is 3.39.